The third-order valence-electron chi connectivity index (χ3n) is 1.72. The summed E-state index contributed by atoms with van der Waals surface area (Å²) >= 11 is 3.44. The second-order valence-corrected chi connectivity index (χ2v) is 4.30. The standard InChI is InChI=1S/C11H15BrO2/c1-7(2)14-10-6-8(3)5-9(12)11(10)13-4/h5-7H,1-4H3. The van der Waals surface area contributed by atoms with Gasteiger partial charge in [0.25, 0.3) is 0 Å². The average molecular weight is 259 g/mol. The molecule has 0 saturated heterocycles. The van der Waals surface area contributed by atoms with E-state index in [0.717, 1.165) is 21.5 Å². The van der Waals surface area contributed by atoms with Crippen LogP contribution in [0.4, 0.5) is 0 Å². The summed E-state index contributed by atoms with van der Waals surface area (Å²) in [5.74, 6) is 1.54. The molecular formula is C11H15BrO2. The first-order valence-electron chi connectivity index (χ1n) is 4.55. The molecule has 0 aliphatic heterocycles. The lowest BCUT2D eigenvalue weighted by atomic mass is 10.2. The molecule has 1 aromatic rings. The summed E-state index contributed by atoms with van der Waals surface area (Å²) in [7, 11) is 1.64. The second-order valence-electron chi connectivity index (χ2n) is 3.44. The van der Waals surface area contributed by atoms with Gasteiger partial charge in [-0.1, -0.05) is 0 Å². The van der Waals surface area contributed by atoms with Gasteiger partial charge in [-0.2, -0.15) is 0 Å². The Hall–Kier alpha value is -0.700. The number of halogens is 1. The molecule has 1 aromatic carbocycles. The van der Waals surface area contributed by atoms with Crippen LogP contribution in [0.2, 0.25) is 0 Å². The predicted molar refractivity (Wildman–Crippen MR) is 61.2 cm³/mol. The number of methoxy groups -OCH3 is 1. The third kappa shape index (κ3) is 2.64. The van der Waals surface area contributed by atoms with Crippen molar-refractivity contribution in [3.8, 4) is 11.5 Å². The first-order chi connectivity index (χ1) is 6.54. The first-order valence-corrected chi connectivity index (χ1v) is 5.34. The van der Waals surface area contributed by atoms with Gasteiger partial charge in [0, 0.05) is 0 Å². The number of hydrogen-bond acceptors (Lipinski definition) is 2. The van der Waals surface area contributed by atoms with E-state index >= 15 is 0 Å². The minimum Gasteiger partial charge on any atom is -0.492 e. The fraction of sp³-hybridized carbons (Fsp3) is 0.455. The Balaban J connectivity index is 3.11. The normalized spacial score (nSPS) is 10.4. The molecule has 14 heavy (non-hydrogen) atoms. The highest BCUT2D eigenvalue weighted by Gasteiger charge is 2.10. The zero-order valence-corrected chi connectivity index (χ0v) is 10.5. The van der Waals surface area contributed by atoms with Crippen LogP contribution in [0.15, 0.2) is 16.6 Å². The summed E-state index contributed by atoms with van der Waals surface area (Å²) in [6.45, 7) is 6.02. The Labute approximate surface area is 93.4 Å². The third-order valence-corrected chi connectivity index (χ3v) is 2.31. The molecule has 0 spiro atoms. The van der Waals surface area contributed by atoms with E-state index < -0.39 is 0 Å². The van der Waals surface area contributed by atoms with Gasteiger partial charge in [0.15, 0.2) is 11.5 Å². The summed E-state index contributed by atoms with van der Waals surface area (Å²) < 4.78 is 11.8. The molecule has 0 unspecified atom stereocenters. The van der Waals surface area contributed by atoms with Gasteiger partial charge in [-0.05, 0) is 54.4 Å². The van der Waals surface area contributed by atoms with E-state index in [9.17, 15) is 0 Å². The van der Waals surface area contributed by atoms with Crippen LogP contribution in [0.3, 0.4) is 0 Å². The summed E-state index contributed by atoms with van der Waals surface area (Å²) in [5.41, 5.74) is 1.15. The maximum Gasteiger partial charge on any atom is 0.174 e. The van der Waals surface area contributed by atoms with Gasteiger partial charge in [-0.15, -0.1) is 0 Å². The van der Waals surface area contributed by atoms with Crippen LogP contribution < -0.4 is 9.47 Å². The zero-order valence-electron chi connectivity index (χ0n) is 8.93. The van der Waals surface area contributed by atoms with Crippen molar-refractivity contribution in [2.45, 2.75) is 26.9 Å². The summed E-state index contributed by atoms with van der Waals surface area (Å²) in [5, 5.41) is 0. The minimum absolute atomic E-state index is 0.151. The lowest BCUT2D eigenvalue weighted by Crippen LogP contribution is -2.07. The van der Waals surface area contributed by atoms with Crippen molar-refractivity contribution >= 4 is 15.9 Å². The highest BCUT2D eigenvalue weighted by molar-refractivity contribution is 9.10. The molecule has 0 N–H and O–H groups in total. The van der Waals surface area contributed by atoms with Gasteiger partial charge < -0.3 is 9.47 Å². The Kier molecular flexibility index (Phi) is 3.81. The van der Waals surface area contributed by atoms with Crippen LogP contribution in [-0.4, -0.2) is 13.2 Å². The number of aryl methyl sites for hydroxylation is 1. The van der Waals surface area contributed by atoms with E-state index in [1.807, 2.05) is 32.9 Å². The number of ether oxygens (including phenoxy) is 2. The van der Waals surface area contributed by atoms with Crippen LogP contribution in [0, 0.1) is 6.92 Å². The van der Waals surface area contributed by atoms with E-state index in [1.54, 1.807) is 7.11 Å². The highest BCUT2D eigenvalue weighted by Crippen LogP contribution is 2.36. The maximum atomic E-state index is 5.64. The van der Waals surface area contributed by atoms with Crippen molar-refractivity contribution in [3.05, 3.63) is 22.2 Å². The van der Waals surface area contributed by atoms with Crippen molar-refractivity contribution in [3.63, 3.8) is 0 Å². The highest BCUT2D eigenvalue weighted by atomic mass is 79.9. The average Bonchev–Trinajstić information content (AvgIpc) is 2.01. The van der Waals surface area contributed by atoms with Crippen LogP contribution in [0.1, 0.15) is 19.4 Å². The SMILES string of the molecule is COc1c(Br)cc(C)cc1OC(C)C. The molecule has 0 radical (unpaired) electrons. The maximum absolute atomic E-state index is 5.64. The Bertz CT molecular complexity index is 321. The molecule has 0 heterocycles. The minimum atomic E-state index is 0.151. The van der Waals surface area contributed by atoms with E-state index in [4.69, 9.17) is 9.47 Å². The Morgan fingerprint density at radius 2 is 1.93 bits per heavy atom. The van der Waals surface area contributed by atoms with Gasteiger partial charge in [0.1, 0.15) is 0 Å². The first kappa shape index (κ1) is 11.4. The van der Waals surface area contributed by atoms with Gasteiger partial charge in [0.05, 0.1) is 17.7 Å². The van der Waals surface area contributed by atoms with E-state index in [0.29, 0.717) is 0 Å². The van der Waals surface area contributed by atoms with E-state index in [1.165, 1.54) is 0 Å². The molecule has 0 aliphatic rings. The fourth-order valence-electron chi connectivity index (χ4n) is 1.24. The molecule has 0 fully saturated rings. The van der Waals surface area contributed by atoms with Crippen molar-refractivity contribution in [1.29, 1.82) is 0 Å². The molecule has 0 atom stereocenters. The van der Waals surface area contributed by atoms with Crippen molar-refractivity contribution in [2.75, 3.05) is 7.11 Å². The Morgan fingerprint density at radius 1 is 1.29 bits per heavy atom. The van der Waals surface area contributed by atoms with Gasteiger partial charge in [-0.25, -0.2) is 0 Å². The van der Waals surface area contributed by atoms with Gasteiger partial charge >= 0.3 is 0 Å². The smallest absolute Gasteiger partial charge is 0.174 e. The van der Waals surface area contributed by atoms with Crippen LogP contribution in [0.25, 0.3) is 0 Å². The van der Waals surface area contributed by atoms with Crippen LogP contribution >= 0.6 is 15.9 Å². The molecule has 0 aliphatic carbocycles. The van der Waals surface area contributed by atoms with Crippen molar-refractivity contribution < 1.29 is 9.47 Å². The molecule has 0 aromatic heterocycles. The van der Waals surface area contributed by atoms with Crippen LogP contribution in [0.5, 0.6) is 11.5 Å². The monoisotopic (exact) mass is 258 g/mol. The van der Waals surface area contributed by atoms with Crippen molar-refractivity contribution in [2.24, 2.45) is 0 Å². The van der Waals surface area contributed by atoms with E-state index in [2.05, 4.69) is 15.9 Å². The fourth-order valence-corrected chi connectivity index (χ4v) is 1.96. The number of hydrogen-bond donors (Lipinski definition) is 0. The summed E-state index contributed by atoms with van der Waals surface area (Å²) in [6.07, 6.45) is 0.151. The number of benzene rings is 1. The van der Waals surface area contributed by atoms with Crippen LogP contribution in [-0.2, 0) is 0 Å². The zero-order chi connectivity index (χ0) is 10.7. The molecule has 3 heteroatoms. The van der Waals surface area contributed by atoms with Gasteiger partial charge in [0.2, 0.25) is 0 Å². The largest absolute Gasteiger partial charge is 0.492 e. The summed E-state index contributed by atoms with van der Waals surface area (Å²) in [4.78, 5) is 0. The molecule has 0 amide bonds. The molecule has 1 rings (SSSR count). The van der Waals surface area contributed by atoms with E-state index in [-0.39, 0.29) is 6.10 Å². The van der Waals surface area contributed by atoms with Crippen molar-refractivity contribution in [1.82, 2.24) is 0 Å². The topological polar surface area (TPSA) is 18.5 Å². The lowest BCUT2D eigenvalue weighted by Gasteiger charge is -2.15. The molecule has 2 nitrogen and oxygen atoms in total. The number of rotatable bonds is 3. The molecule has 0 bridgehead atoms. The predicted octanol–water partition coefficient (Wildman–Crippen LogP) is 3.55. The molecule has 78 valence electrons. The van der Waals surface area contributed by atoms with Gasteiger partial charge in [-0.3, -0.25) is 0 Å². The Morgan fingerprint density at radius 3 is 2.43 bits per heavy atom. The molecular weight excluding hydrogens is 244 g/mol. The second kappa shape index (κ2) is 4.69. The quantitative estimate of drug-likeness (QED) is 0.826. The summed E-state index contributed by atoms with van der Waals surface area (Å²) in [6, 6.07) is 3.98. The molecule has 0 saturated carbocycles. The lowest BCUT2D eigenvalue weighted by molar-refractivity contribution is 0.229.